The molecule has 6 heteroatoms. The molecular weight excluding hydrogens is 438 g/mol. The van der Waals surface area contributed by atoms with Gasteiger partial charge < -0.3 is 20.7 Å². The number of amides is 2. The lowest BCUT2D eigenvalue weighted by atomic mass is 10.1. The van der Waals surface area contributed by atoms with Crippen molar-refractivity contribution in [3.63, 3.8) is 0 Å². The Hall–Kier alpha value is -4.58. The van der Waals surface area contributed by atoms with E-state index in [-0.39, 0.29) is 18.4 Å². The summed E-state index contributed by atoms with van der Waals surface area (Å²) < 4.78 is 5.73. The lowest BCUT2D eigenvalue weighted by Gasteiger charge is -2.14. The average Bonchev–Trinajstić information content (AvgIpc) is 2.86. The minimum Gasteiger partial charge on any atom is -0.483 e. The highest BCUT2D eigenvalue weighted by atomic mass is 16.5. The quantitative estimate of drug-likeness (QED) is 0.285. The van der Waals surface area contributed by atoms with Crippen molar-refractivity contribution in [2.24, 2.45) is 0 Å². The van der Waals surface area contributed by atoms with Gasteiger partial charge in [-0.2, -0.15) is 0 Å². The molecule has 0 spiro atoms. The van der Waals surface area contributed by atoms with E-state index in [0.717, 1.165) is 22.5 Å². The van der Waals surface area contributed by atoms with Gasteiger partial charge in [0.05, 0.1) is 11.3 Å². The molecule has 0 atom stereocenters. The Balaban J connectivity index is 1.38. The Morgan fingerprint density at radius 2 is 1.26 bits per heavy atom. The van der Waals surface area contributed by atoms with Gasteiger partial charge in [0, 0.05) is 17.1 Å². The van der Waals surface area contributed by atoms with Crippen molar-refractivity contribution in [1.82, 2.24) is 0 Å². The number of hydrogen-bond donors (Lipinski definition) is 3. The van der Waals surface area contributed by atoms with Crippen LogP contribution in [0.1, 0.15) is 21.5 Å². The zero-order valence-corrected chi connectivity index (χ0v) is 19.7. The van der Waals surface area contributed by atoms with E-state index in [1.165, 1.54) is 0 Å². The van der Waals surface area contributed by atoms with Gasteiger partial charge in [0.15, 0.2) is 6.61 Å². The molecule has 0 aliphatic heterocycles. The van der Waals surface area contributed by atoms with Crippen LogP contribution < -0.4 is 20.7 Å². The topological polar surface area (TPSA) is 79.5 Å². The number of rotatable bonds is 8. The van der Waals surface area contributed by atoms with Gasteiger partial charge in [-0.05, 0) is 73.5 Å². The fourth-order valence-corrected chi connectivity index (χ4v) is 3.66. The number of anilines is 4. The fourth-order valence-electron chi connectivity index (χ4n) is 3.66. The summed E-state index contributed by atoms with van der Waals surface area (Å²) in [5.41, 5.74) is 5.24. The summed E-state index contributed by atoms with van der Waals surface area (Å²) in [5.74, 6) is 0.0310. The zero-order chi connectivity index (χ0) is 24.6. The minimum atomic E-state index is -0.343. The summed E-state index contributed by atoms with van der Waals surface area (Å²) in [4.78, 5) is 25.5. The molecule has 0 radical (unpaired) electrons. The predicted molar refractivity (Wildman–Crippen MR) is 141 cm³/mol. The molecule has 0 unspecified atom stereocenters. The molecule has 176 valence electrons. The van der Waals surface area contributed by atoms with Crippen LogP contribution in [0, 0.1) is 13.8 Å². The zero-order valence-electron chi connectivity index (χ0n) is 19.7. The molecule has 35 heavy (non-hydrogen) atoms. The van der Waals surface area contributed by atoms with E-state index >= 15 is 0 Å². The molecule has 0 aliphatic rings. The third-order valence-corrected chi connectivity index (χ3v) is 5.41. The second-order valence-corrected chi connectivity index (χ2v) is 8.13. The highest BCUT2D eigenvalue weighted by molar-refractivity contribution is 6.10. The van der Waals surface area contributed by atoms with Gasteiger partial charge in [-0.25, -0.2) is 0 Å². The molecule has 4 aromatic carbocycles. The number of carbonyl (C=O) groups excluding carboxylic acids is 2. The lowest BCUT2D eigenvalue weighted by Crippen LogP contribution is -2.23. The molecule has 0 fully saturated rings. The molecule has 0 saturated carbocycles. The van der Waals surface area contributed by atoms with E-state index in [2.05, 4.69) is 16.0 Å². The van der Waals surface area contributed by atoms with E-state index in [9.17, 15) is 9.59 Å². The van der Waals surface area contributed by atoms with E-state index in [0.29, 0.717) is 22.7 Å². The molecule has 2 amide bonds. The van der Waals surface area contributed by atoms with Crippen LogP contribution in [0.4, 0.5) is 22.7 Å². The van der Waals surface area contributed by atoms with E-state index in [4.69, 9.17) is 4.74 Å². The summed E-state index contributed by atoms with van der Waals surface area (Å²) >= 11 is 0. The van der Waals surface area contributed by atoms with E-state index in [1.807, 2.05) is 86.6 Å². The molecule has 0 saturated heterocycles. The van der Waals surface area contributed by atoms with Crippen LogP contribution >= 0.6 is 0 Å². The normalized spacial score (nSPS) is 10.3. The molecule has 3 N–H and O–H groups in total. The highest BCUT2D eigenvalue weighted by Gasteiger charge is 2.14. The van der Waals surface area contributed by atoms with E-state index in [1.54, 1.807) is 24.3 Å². The average molecular weight is 466 g/mol. The summed E-state index contributed by atoms with van der Waals surface area (Å²) in [7, 11) is 0. The van der Waals surface area contributed by atoms with Gasteiger partial charge in [-0.15, -0.1) is 0 Å². The lowest BCUT2D eigenvalue weighted by molar-refractivity contribution is -0.118. The first-order chi connectivity index (χ1) is 17.0. The van der Waals surface area contributed by atoms with Crippen LogP contribution in [-0.4, -0.2) is 18.4 Å². The molecule has 0 aromatic heterocycles. The Labute approximate surface area is 205 Å². The maximum Gasteiger partial charge on any atom is 0.262 e. The van der Waals surface area contributed by atoms with Crippen LogP contribution in [0.5, 0.6) is 5.75 Å². The Kier molecular flexibility index (Phi) is 7.43. The van der Waals surface area contributed by atoms with Gasteiger partial charge in [0.2, 0.25) is 0 Å². The van der Waals surface area contributed by atoms with Gasteiger partial charge in [0.25, 0.3) is 11.8 Å². The summed E-state index contributed by atoms with van der Waals surface area (Å²) in [5, 5.41) is 8.98. The van der Waals surface area contributed by atoms with Gasteiger partial charge in [-0.1, -0.05) is 48.5 Å². The van der Waals surface area contributed by atoms with Crippen molar-refractivity contribution in [3.8, 4) is 5.75 Å². The van der Waals surface area contributed by atoms with Crippen LogP contribution in [0.2, 0.25) is 0 Å². The Morgan fingerprint density at radius 1 is 0.657 bits per heavy atom. The molecule has 4 rings (SSSR count). The molecule has 0 aliphatic carbocycles. The molecule has 4 aromatic rings. The minimum absolute atomic E-state index is 0.155. The predicted octanol–water partition coefficient (Wildman–Crippen LogP) is 6.32. The molecule has 0 bridgehead atoms. The van der Waals surface area contributed by atoms with Crippen molar-refractivity contribution in [1.29, 1.82) is 0 Å². The number of carbonyl (C=O) groups is 2. The van der Waals surface area contributed by atoms with Crippen LogP contribution in [0.25, 0.3) is 0 Å². The van der Waals surface area contributed by atoms with Crippen molar-refractivity contribution in [2.45, 2.75) is 13.8 Å². The number of nitrogens with one attached hydrogen (secondary N) is 3. The maximum atomic E-state index is 13.0. The SMILES string of the molecule is Cc1cccc(C)c1OCC(=O)Nc1ccccc1C(=O)Nc1ccc(Nc2ccccc2)cc1. The largest absolute Gasteiger partial charge is 0.483 e. The molecular formula is C29H27N3O3. The number of aryl methyl sites for hydroxylation is 2. The van der Waals surface area contributed by atoms with Crippen molar-refractivity contribution in [2.75, 3.05) is 22.6 Å². The number of hydrogen-bond acceptors (Lipinski definition) is 4. The molecule has 0 heterocycles. The smallest absolute Gasteiger partial charge is 0.262 e. The third kappa shape index (κ3) is 6.26. The fraction of sp³-hybridized carbons (Fsp3) is 0.103. The Morgan fingerprint density at radius 3 is 1.97 bits per heavy atom. The van der Waals surface area contributed by atoms with Crippen molar-refractivity contribution in [3.05, 3.63) is 114 Å². The second kappa shape index (κ2) is 11.0. The van der Waals surface area contributed by atoms with Crippen LogP contribution in [0.15, 0.2) is 97.1 Å². The molecule has 6 nitrogen and oxygen atoms in total. The van der Waals surface area contributed by atoms with Crippen molar-refractivity contribution < 1.29 is 14.3 Å². The van der Waals surface area contributed by atoms with E-state index < -0.39 is 0 Å². The van der Waals surface area contributed by atoms with Gasteiger partial charge in [-0.3, -0.25) is 9.59 Å². The monoisotopic (exact) mass is 465 g/mol. The third-order valence-electron chi connectivity index (χ3n) is 5.41. The first kappa shape index (κ1) is 23.6. The van der Waals surface area contributed by atoms with Gasteiger partial charge in [0.1, 0.15) is 5.75 Å². The summed E-state index contributed by atoms with van der Waals surface area (Å²) in [6.45, 7) is 3.71. The van der Waals surface area contributed by atoms with Gasteiger partial charge >= 0.3 is 0 Å². The first-order valence-electron chi connectivity index (χ1n) is 11.3. The Bertz CT molecular complexity index is 1300. The summed E-state index contributed by atoms with van der Waals surface area (Å²) in [6.07, 6.45) is 0. The first-order valence-corrected chi connectivity index (χ1v) is 11.3. The number of para-hydroxylation sites is 3. The standard InChI is InChI=1S/C29H27N3O3/c1-20-9-8-10-21(2)28(20)35-19-27(33)32-26-14-7-6-13-25(26)29(34)31-24-17-15-23(16-18-24)30-22-11-4-3-5-12-22/h3-18,30H,19H2,1-2H3,(H,31,34)(H,32,33). The van der Waals surface area contributed by atoms with Crippen LogP contribution in [-0.2, 0) is 4.79 Å². The number of ether oxygens (including phenoxy) is 1. The highest BCUT2D eigenvalue weighted by Crippen LogP contribution is 2.23. The van der Waals surface area contributed by atoms with Crippen molar-refractivity contribution >= 4 is 34.6 Å². The number of benzene rings is 4. The second-order valence-electron chi connectivity index (χ2n) is 8.13. The van der Waals surface area contributed by atoms with Crippen LogP contribution in [0.3, 0.4) is 0 Å². The maximum absolute atomic E-state index is 13.0. The summed E-state index contributed by atoms with van der Waals surface area (Å²) in [6, 6.07) is 30.0.